The third-order valence-electron chi connectivity index (χ3n) is 6.39. The molecule has 186 valence electrons. The Hall–Kier alpha value is -3.48. The second-order valence-corrected chi connectivity index (χ2v) is 9.78. The van der Waals surface area contributed by atoms with Crippen LogP contribution in [0.25, 0.3) is 16.6 Å². The van der Waals surface area contributed by atoms with Crippen LogP contribution in [0.3, 0.4) is 0 Å². The summed E-state index contributed by atoms with van der Waals surface area (Å²) in [6.45, 7) is 7.00. The number of fused-ring (bicyclic) bond motifs is 1. The maximum absolute atomic E-state index is 13.9. The average Bonchev–Trinajstić information content (AvgIpc) is 2.84. The van der Waals surface area contributed by atoms with Gasteiger partial charge in [-0.25, -0.2) is 4.98 Å². The molecule has 1 amide bonds. The van der Waals surface area contributed by atoms with Crippen molar-refractivity contribution in [2.24, 2.45) is 0 Å². The van der Waals surface area contributed by atoms with Gasteiger partial charge in [-0.1, -0.05) is 53.6 Å². The number of likely N-dealkylation sites (N-methyl/N-ethyl adjacent to an activating group) is 1. The van der Waals surface area contributed by atoms with Crippen LogP contribution in [0, 0.1) is 13.8 Å². The minimum atomic E-state index is -0.508. The zero-order valence-electron chi connectivity index (χ0n) is 21.3. The van der Waals surface area contributed by atoms with Crippen molar-refractivity contribution in [2.75, 3.05) is 27.2 Å². The van der Waals surface area contributed by atoms with Crippen LogP contribution in [0.15, 0.2) is 71.5 Å². The first-order valence-corrected chi connectivity index (χ1v) is 12.4. The first-order chi connectivity index (χ1) is 17.2. The molecular formula is C29H31ClN4O2. The van der Waals surface area contributed by atoms with Crippen molar-refractivity contribution in [1.82, 2.24) is 19.4 Å². The normalized spacial score (nSPS) is 12.2. The molecule has 0 aliphatic heterocycles. The van der Waals surface area contributed by atoms with Crippen molar-refractivity contribution in [1.29, 1.82) is 0 Å². The van der Waals surface area contributed by atoms with Crippen LogP contribution in [0.1, 0.15) is 40.3 Å². The Labute approximate surface area is 216 Å². The van der Waals surface area contributed by atoms with Crippen molar-refractivity contribution in [3.05, 3.63) is 105 Å². The summed E-state index contributed by atoms with van der Waals surface area (Å²) in [5, 5.41) is 0.925. The Bertz CT molecular complexity index is 1480. The molecule has 0 saturated heterocycles. The van der Waals surface area contributed by atoms with Gasteiger partial charge in [-0.3, -0.25) is 14.2 Å². The van der Waals surface area contributed by atoms with Gasteiger partial charge in [0.25, 0.3) is 11.5 Å². The molecule has 0 spiro atoms. The van der Waals surface area contributed by atoms with Crippen LogP contribution in [-0.2, 0) is 0 Å². The molecule has 0 fully saturated rings. The number of rotatable bonds is 7. The van der Waals surface area contributed by atoms with Gasteiger partial charge < -0.3 is 9.80 Å². The van der Waals surface area contributed by atoms with Crippen LogP contribution in [0.5, 0.6) is 0 Å². The molecule has 36 heavy (non-hydrogen) atoms. The van der Waals surface area contributed by atoms with Gasteiger partial charge >= 0.3 is 0 Å². The minimum Gasteiger partial charge on any atom is -0.327 e. The average molecular weight is 503 g/mol. The SMILES string of the molecule is Cc1ccc(-n2c(C(C)N(CCN(C)C)C(=O)c3ccccc3Cl)nc3ccccc3c2=O)c(C)c1. The number of hydrogen-bond donors (Lipinski definition) is 0. The Morgan fingerprint density at radius 3 is 2.39 bits per heavy atom. The molecule has 4 aromatic rings. The highest BCUT2D eigenvalue weighted by atomic mass is 35.5. The molecular weight excluding hydrogens is 472 g/mol. The summed E-state index contributed by atoms with van der Waals surface area (Å²) in [5.41, 5.74) is 3.68. The number of aryl methyl sites for hydroxylation is 2. The van der Waals surface area contributed by atoms with Crippen molar-refractivity contribution in [2.45, 2.75) is 26.8 Å². The fourth-order valence-corrected chi connectivity index (χ4v) is 4.64. The Balaban J connectivity index is 1.94. The second kappa shape index (κ2) is 10.6. The summed E-state index contributed by atoms with van der Waals surface area (Å²) < 4.78 is 1.66. The van der Waals surface area contributed by atoms with Crippen molar-refractivity contribution >= 4 is 28.4 Å². The number of carbonyl (C=O) groups is 1. The standard InChI is InChI=1S/C29H31ClN4O2/c1-19-14-15-26(20(2)18-19)34-27(31-25-13-9-7-11-23(25)29(34)36)21(3)33(17-16-32(4)5)28(35)22-10-6-8-12-24(22)30/h6-15,18,21H,16-17H2,1-5H3. The van der Waals surface area contributed by atoms with Gasteiger partial charge in [0.15, 0.2) is 0 Å². The molecule has 4 rings (SSSR count). The van der Waals surface area contributed by atoms with E-state index in [2.05, 4.69) is 0 Å². The highest BCUT2D eigenvalue weighted by Gasteiger charge is 2.29. The number of benzene rings is 3. The smallest absolute Gasteiger partial charge is 0.266 e. The predicted octanol–water partition coefficient (Wildman–Crippen LogP) is 5.42. The second-order valence-electron chi connectivity index (χ2n) is 9.38. The zero-order valence-corrected chi connectivity index (χ0v) is 22.1. The van der Waals surface area contributed by atoms with E-state index in [9.17, 15) is 9.59 Å². The summed E-state index contributed by atoms with van der Waals surface area (Å²) in [7, 11) is 3.92. The monoisotopic (exact) mass is 502 g/mol. The fourth-order valence-electron chi connectivity index (χ4n) is 4.43. The molecule has 0 N–H and O–H groups in total. The Morgan fingerprint density at radius 1 is 1.00 bits per heavy atom. The third kappa shape index (κ3) is 5.06. The molecule has 0 radical (unpaired) electrons. The van der Waals surface area contributed by atoms with Crippen molar-refractivity contribution in [3.63, 3.8) is 0 Å². The van der Waals surface area contributed by atoms with Crippen LogP contribution in [0.4, 0.5) is 0 Å². The molecule has 1 aromatic heterocycles. The lowest BCUT2D eigenvalue weighted by atomic mass is 10.1. The zero-order chi connectivity index (χ0) is 26.0. The molecule has 0 aliphatic rings. The van der Waals surface area contributed by atoms with Crippen LogP contribution < -0.4 is 5.56 Å². The molecule has 6 nitrogen and oxygen atoms in total. The van der Waals surface area contributed by atoms with E-state index >= 15 is 0 Å². The van der Waals surface area contributed by atoms with Crippen LogP contribution in [-0.4, -0.2) is 52.4 Å². The van der Waals surface area contributed by atoms with Gasteiger partial charge in [-0.2, -0.15) is 0 Å². The first-order valence-electron chi connectivity index (χ1n) is 12.0. The van der Waals surface area contributed by atoms with E-state index in [0.717, 1.165) is 16.8 Å². The molecule has 3 aromatic carbocycles. The highest BCUT2D eigenvalue weighted by Crippen LogP contribution is 2.27. The van der Waals surface area contributed by atoms with E-state index in [1.54, 1.807) is 39.8 Å². The summed E-state index contributed by atoms with van der Waals surface area (Å²) in [6.07, 6.45) is 0. The number of nitrogens with zero attached hydrogens (tertiary/aromatic N) is 4. The van der Waals surface area contributed by atoms with E-state index in [4.69, 9.17) is 16.6 Å². The summed E-state index contributed by atoms with van der Waals surface area (Å²) in [4.78, 5) is 36.4. The molecule has 0 saturated carbocycles. The molecule has 1 unspecified atom stereocenters. The summed E-state index contributed by atoms with van der Waals surface area (Å²) in [5.74, 6) is 0.300. The number of amides is 1. The largest absolute Gasteiger partial charge is 0.327 e. The van der Waals surface area contributed by atoms with E-state index in [1.165, 1.54) is 0 Å². The Morgan fingerprint density at radius 2 is 1.69 bits per heavy atom. The Kier molecular flexibility index (Phi) is 7.57. The summed E-state index contributed by atoms with van der Waals surface area (Å²) >= 11 is 6.41. The fraction of sp³-hybridized carbons (Fsp3) is 0.276. The number of halogens is 1. The van der Waals surface area contributed by atoms with Crippen LogP contribution in [0.2, 0.25) is 5.02 Å². The van der Waals surface area contributed by atoms with Gasteiger partial charge in [0, 0.05) is 13.1 Å². The number of aromatic nitrogens is 2. The van der Waals surface area contributed by atoms with Gasteiger partial charge in [-0.05, 0) is 70.8 Å². The van der Waals surface area contributed by atoms with Gasteiger partial charge in [0.05, 0.1) is 33.2 Å². The number of carbonyl (C=O) groups excluding carboxylic acids is 1. The van der Waals surface area contributed by atoms with Crippen LogP contribution >= 0.6 is 11.6 Å². The first kappa shape index (κ1) is 25.6. The minimum absolute atomic E-state index is 0.160. The lowest BCUT2D eigenvalue weighted by Crippen LogP contribution is -2.41. The van der Waals surface area contributed by atoms with E-state index < -0.39 is 6.04 Å². The molecule has 0 aliphatic carbocycles. The predicted molar refractivity (Wildman–Crippen MR) is 146 cm³/mol. The van der Waals surface area contributed by atoms with Crippen molar-refractivity contribution < 1.29 is 4.79 Å². The van der Waals surface area contributed by atoms with Gasteiger partial charge in [0.1, 0.15) is 5.82 Å². The topological polar surface area (TPSA) is 58.4 Å². The maximum atomic E-state index is 13.9. The van der Waals surface area contributed by atoms with Gasteiger partial charge in [-0.15, -0.1) is 0 Å². The quantitative estimate of drug-likeness (QED) is 0.338. The highest BCUT2D eigenvalue weighted by molar-refractivity contribution is 6.33. The number of hydrogen-bond acceptors (Lipinski definition) is 4. The van der Waals surface area contributed by atoms with E-state index in [0.29, 0.717) is 40.4 Å². The summed E-state index contributed by atoms with van der Waals surface area (Å²) in [6, 6.07) is 19.8. The lowest BCUT2D eigenvalue weighted by Gasteiger charge is -2.32. The molecule has 1 atom stereocenters. The van der Waals surface area contributed by atoms with Crippen molar-refractivity contribution in [3.8, 4) is 5.69 Å². The maximum Gasteiger partial charge on any atom is 0.266 e. The molecule has 0 bridgehead atoms. The third-order valence-corrected chi connectivity index (χ3v) is 6.72. The molecule has 7 heteroatoms. The van der Waals surface area contributed by atoms with Gasteiger partial charge in [0.2, 0.25) is 0 Å². The van der Waals surface area contributed by atoms with E-state index in [1.807, 2.05) is 76.2 Å². The lowest BCUT2D eigenvalue weighted by molar-refractivity contribution is 0.0667. The molecule has 1 heterocycles. The number of para-hydroxylation sites is 1. The van der Waals surface area contributed by atoms with E-state index in [-0.39, 0.29) is 11.5 Å².